The lowest BCUT2D eigenvalue weighted by molar-refractivity contribution is 0.102. The Kier molecular flexibility index (Phi) is 5.05. The van der Waals surface area contributed by atoms with Crippen LogP contribution >= 0.6 is 0 Å². The minimum Gasteiger partial charge on any atom is -0.380 e. The third-order valence-corrected chi connectivity index (χ3v) is 4.05. The third kappa shape index (κ3) is 3.78. The largest absolute Gasteiger partial charge is 0.380 e. The number of hydrogen-bond donors (Lipinski definition) is 2. The molecule has 2 N–H and O–H groups in total. The van der Waals surface area contributed by atoms with Gasteiger partial charge >= 0.3 is 0 Å². The zero-order valence-corrected chi connectivity index (χ0v) is 13.3. The molecule has 6 nitrogen and oxygen atoms in total. The monoisotopic (exact) mass is 314 g/mol. The molecule has 2 aromatic rings. The van der Waals surface area contributed by atoms with Gasteiger partial charge in [0.05, 0.1) is 12.6 Å². The quantitative estimate of drug-likeness (QED) is 0.888. The molecule has 1 aliphatic rings. The topological polar surface area (TPSA) is 68.2 Å². The highest BCUT2D eigenvalue weighted by Crippen LogP contribution is 2.18. The van der Waals surface area contributed by atoms with Crippen molar-refractivity contribution in [3.8, 4) is 0 Å². The fourth-order valence-corrected chi connectivity index (χ4v) is 2.83. The second-order valence-electron chi connectivity index (χ2n) is 5.73. The van der Waals surface area contributed by atoms with Crippen LogP contribution in [0.15, 0.2) is 36.5 Å². The molecule has 2 heterocycles. The van der Waals surface area contributed by atoms with Gasteiger partial charge in [0.1, 0.15) is 0 Å². The first-order valence-corrected chi connectivity index (χ1v) is 7.92. The van der Waals surface area contributed by atoms with Crippen molar-refractivity contribution in [3.05, 3.63) is 47.8 Å². The van der Waals surface area contributed by atoms with Gasteiger partial charge in [-0.2, -0.15) is 5.10 Å². The van der Waals surface area contributed by atoms with Crippen LogP contribution in [0, 0.1) is 0 Å². The molecule has 0 radical (unpaired) electrons. The van der Waals surface area contributed by atoms with Crippen molar-refractivity contribution >= 4 is 11.6 Å². The molecule has 0 spiro atoms. The highest BCUT2D eigenvalue weighted by atomic mass is 16.5. The number of ether oxygens (including phenoxy) is 1. The summed E-state index contributed by atoms with van der Waals surface area (Å²) in [5.41, 5.74) is 2.13. The Labute approximate surface area is 135 Å². The van der Waals surface area contributed by atoms with Crippen molar-refractivity contribution in [2.24, 2.45) is 0 Å². The highest BCUT2D eigenvalue weighted by molar-refractivity contribution is 6.03. The van der Waals surface area contributed by atoms with Crippen LogP contribution in [0.5, 0.6) is 0 Å². The molecule has 0 bridgehead atoms. The fraction of sp³-hybridized carbons (Fsp3) is 0.412. The van der Waals surface area contributed by atoms with E-state index in [0.29, 0.717) is 18.3 Å². The minimum atomic E-state index is -0.198. The van der Waals surface area contributed by atoms with E-state index in [1.807, 2.05) is 35.1 Å². The normalized spacial score (nSPS) is 17.9. The number of nitrogens with one attached hydrogen (secondary N) is 2. The van der Waals surface area contributed by atoms with Crippen LogP contribution in [0.4, 0.5) is 5.69 Å². The molecule has 1 atom stereocenters. The van der Waals surface area contributed by atoms with E-state index in [2.05, 4.69) is 15.7 Å². The van der Waals surface area contributed by atoms with Gasteiger partial charge in [0.25, 0.3) is 5.91 Å². The number of methoxy groups -OCH3 is 1. The number of carbonyl (C=O) groups excluding carboxylic acids is 1. The Morgan fingerprint density at radius 1 is 1.43 bits per heavy atom. The molecule has 0 saturated carbocycles. The van der Waals surface area contributed by atoms with E-state index in [0.717, 1.165) is 37.2 Å². The van der Waals surface area contributed by atoms with E-state index < -0.39 is 0 Å². The number of nitrogens with zero attached hydrogens (tertiary/aromatic N) is 2. The fourth-order valence-electron chi connectivity index (χ4n) is 2.83. The van der Waals surface area contributed by atoms with Gasteiger partial charge in [0.2, 0.25) is 0 Å². The van der Waals surface area contributed by atoms with E-state index in [4.69, 9.17) is 4.74 Å². The molecule has 1 unspecified atom stereocenters. The molecule has 23 heavy (non-hydrogen) atoms. The number of hydrogen-bond acceptors (Lipinski definition) is 4. The third-order valence-electron chi connectivity index (χ3n) is 4.05. The van der Waals surface area contributed by atoms with Gasteiger partial charge in [-0.05, 0) is 31.5 Å². The number of amides is 1. The van der Waals surface area contributed by atoms with Crippen molar-refractivity contribution in [2.45, 2.75) is 25.5 Å². The lowest BCUT2D eigenvalue weighted by Crippen LogP contribution is -2.32. The lowest BCUT2D eigenvalue weighted by Gasteiger charge is -2.22. The molecule has 1 saturated heterocycles. The average molecular weight is 314 g/mol. The summed E-state index contributed by atoms with van der Waals surface area (Å²) in [7, 11) is 1.64. The first-order chi connectivity index (χ1) is 11.3. The van der Waals surface area contributed by atoms with Crippen LogP contribution in [0.25, 0.3) is 0 Å². The molecular weight excluding hydrogens is 292 g/mol. The minimum absolute atomic E-state index is 0.198. The summed E-state index contributed by atoms with van der Waals surface area (Å²) in [6.45, 7) is 2.42. The average Bonchev–Trinajstić information content (AvgIpc) is 3.08. The van der Waals surface area contributed by atoms with Crippen molar-refractivity contribution in [2.75, 3.05) is 25.5 Å². The smallest absolute Gasteiger partial charge is 0.276 e. The summed E-state index contributed by atoms with van der Waals surface area (Å²) in [5, 5.41) is 10.7. The molecule has 1 fully saturated rings. The zero-order chi connectivity index (χ0) is 16.1. The number of rotatable bonds is 5. The van der Waals surface area contributed by atoms with Crippen molar-refractivity contribution in [1.29, 1.82) is 0 Å². The molecule has 122 valence electrons. The summed E-state index contributed by atoms with van der Waals surface area (Å²) in [6, 6.07) is 9.71. The Morgan fingerprint density at radius 3 is 3.09 bits per heavy atom. The van der Waals surface area contributed by atoms with Crippen LogP contribution < -0.4 is 10.6 Å². The molecular formula is C17H22N4O2. The maximum atomic E-state index is 12.4. The zero-order valence-electron chi connectivity index (χ0n) is 13.3. The van der Waals surface area contributed by atoms with Gasteiger partial charge in [-0.1, -0.05) is 18.2 Å². The first-order valence-electron chi connectivity index (χ1n) is 7.92. The summed E-state index contributed by atoms with van der Waals surface area (Å²) >= 11 is 0. The second kappa shape index (κ2) is 7.39. The van der Waals surface area contributed by atoms with Gasteiger partial charge in [0.15, 0.2) is 5.69 Å². The van der Waals surface area contributed by atoms with Crippen molar-refractivity contribution in [3.63, 3.8) is 0 Å². The predicted octanol–water partition coefficient (Wildman–Crippen LogP) is 2.21. The molecule has 3 rings (SSSR count). The van der Waals surface area contributed by atoms with E-state index in [-0.39, 0.29) is 5.91 Å². The maximum absolute atomic E-state index is 12.4. The molecule has 1 amide bonds. The van der Waals surface area contributed by atoms with E-state index in [9.17, 15) is 4.79 Å². The van der Waals surface area contributed by atoms with Gasteiger partial charge in [-0.3, -0.25) is 9.48 Å². The molecule has 1 aromatic carbocycles. The first kappa shape index (κ1) is 15.7. The Hall–Kier alpha value is -2.18. The summed E-state index contributed by atoms with van der Waals surface area (Å²) in [4.78, 5) is 12.4. The number of aromatic nitrogens is 2. The summed E-state index contributed by atoms with van der Waals surface area (Å²) in [6.07, 6.45) is 4.11. The predicted molar refractivity (Wildman–Crippen MR) is 88.5 cm³/mol. The Bertz CT molecular complexity index is 662. The van der Waals surface area contributed by atoms with Crippen LogP contribution in [0.3, 0.4) is 0 Å². The van der Waals surface area contributed by atoms with E-state index >= 15 is 0 Å². The van der Waals surface area contributed by atoms with Crippen LogP contribution in [-0.4, -0.2) is 35.9 Å². The van der Waals surface area contributed by atoms with Gasteiger partial charge in [-0.25, -0.2) is 0 Å². The van der Waals surface area contributed by atoms with Crippen LogP contribution in [0.1, 0.15) is 34.9 Å². The van der Waals surface area contributed by atoms with E-state index in [1.165, 1.54) is 0 Å². The van der Waals surface area contributed by atoms with Crippen LogP contribution in [-0.2, 0) is 11.3 Å². The van der Waals surface area contributed by atoms with Crippen molar-refractivity contribution in [1.82, 2.24) is 15.1 Å². The molecule has 1 aromatic heterocycles. The number of benzene rings is 1. The number of anilines is 1. The van der Waals surface area contributed by atoms with Gasteiger partial charge < -0.3 is 15.4 Å². The summed E-state index contributed by atoms with van der Waals surface area (Å²) < 4.78 is 7.05. The van der Waals surface area contributed by atoms with Gasteiger partial charge in [0, 0.05) is 31.1 Å². The molecule has 6 heteroatoms. The number of para-hydroxylation sites is 1. The summed E-state index contributed by atoms with van der Waals surface area (Å²) in [5.74, 6) is -0.198. The Balaban J connectivity index is 1.70. The second-order valence-corrected chi connectivity index (χ2v) is 5.73. The standard InChI is InChI=1S/C17H22N4O2/c1-23-12-13-5-2-3-7-15(13)19-17(22)16-8-10-21(20-16)14-6-4-9-18-11-14/h2-3,5,7-8,10,14,18H,4,6,9,11-12H2,1H3,(H,19,22). The lowest BCUT2D eigenvalue weighted by atomic mass is 10.1. The van der Waals surface area contributed by atoms with Crippen molar-refractivity contribution < 1.29 is 9.53 Å². The SMILES string of the molecule is COCc1ccccc1NC(=O)c1ccn(C2CCCNC2)n1. The Morgan fingerprint density at radius 2 is 2.30 bits per heavy atom. The number of carbonyl (C=O) groups is 1. The highest BCUT2D eigenvalue weighted by Gasteiger charge is 2.18. The van der Waals surface area contributed by atoms with E-state index in [1.54, 1.807) is 13.2 Å². The molecule has 1 aliphatic heterocycles. The number of piperidine rings is 1. The van der Waals surface area contributed by atoms with Crippen LogP contribution in [0.2, 0.25) is 0 Å². The maximum Gasteiger partial charge on any atom is 0.276 e. The van der Waals surface area contributed by atoms with Gasteiger partial charge in [-0.15, -0.1) is 0 Å². The molecule has 0 aliphatic carbocycles.